The SMILES string of the molecule is CC1Cc2ccccc2N1S(=O)(=O)c1cccc(C(=O)OCC(=O)NC2CC2)c1. The molecule has 8 heteroatoms. The number of fused-ring (bicyclic) bond motifs is 1. The van der Waals surface area contributed by atoms with Crippen LogP contribution in [0.25, 0.3) is 0 Å². The van der Waals surface area contributed by atoms with Gasteiger partial charge in [0, 0.05) is 12.1 Å². The monoisotopic (exact) mass is 414 g/mol. The fourth-order valence-electron chi connectivity index (χ4n) is 3.51. The number of esters is 1. The summed E-state index contributed by atoms with van der Waals surface area (Å²) in [4.78, 5) is 24.0. The maximum atomic E-state index is 13.3. The first-order valence-electron chi connectivity index (χ1n) is 9.55. The molecule has 2 aromatic rings. The van der Waals surface area contributed by atoms with Crippen molar-refractivity contribution in [3.05, 3.63) is 59.7 Å². The number of hydrogen-bond acceptors (Lipinski definition) is 5. The average molecular weight is 414 g/mol. The van der Waals surface area contributed by atoms with Crippen LogP contribution in [0.2, 0.25) is 0 Å². The molecule has 2 aromatic carbocycles. The van der Waals surface area contributed by atoms with Crippen molar-refractivity contribution < 1.29 is 22.7 Å². The number of nitrogens with one attached hydrogen (secondary N) is 1. The molecule has 1 fully saturated rings. The van der Waals surface area contributed by atoms with Gasteiger partial charge >= 0.3 is 5.97 Å². The van der Waals surface area contributed by atoms with E-state index in [2.05, 4.69) is 5.32 Å². The third kappa shape index (κ3) is 3.98. The topological polar surface area (TPSA) is 92.8 Å². The van der Waals surface area contributed by atoms with Gasteiger partial charge in [-0.15, -0.1) is 0 Å². The lowest BCUT2D eigenvalue weighted by molar-refractivity contribution is -0.124. The zero-order chi connectivity index (χ0) is 20.6. The van der Waals surface area contributed by atoms with Crippen molar-refractivity contribution in [2.45, 2.75) is 43.2 Å². The molecule has 1 amide bonds. The average Bonchev–Trinajstić information content (AvgIpc) is 3.44. The smallest absolute Gasteiger partial charge is 0.338 e. The molecular weight excluding hydrogens is 392 g/mol. The second-order valence-electron chi connectivity index (χ2n) is 7.43. The van der Waals surface area contributed by atoms with Crippen molar-refractivity contribution in [1.29, 1.82) is 0 Å². The zero-order valence-electron chi connectivity index (χ0n) is 16.0. The second-order valence-corrected chi connectivity index (χ2v) is 9.24. The van der Waals surface area contributed by atoms with E-state index in [0.717, 1.165) is 18.4 Å². The van der Waals surface area contributed by atoms with Crippen LogP contribution in [0.3, 0.4) is 0 Å². The largest absolute Gasteiger partial charge is 0.452 e. The molecule has 1 aliphatic carbocycles. The van der Waals surface area contributed by atoms with Crippen molar-refractivity contribution in [3.8, 4) is 0 Å². The summed E-state index contributed by atoms with van der Waals surface area (Å²) < 4.78 is 33.0. The Labute approximate surface area is 169 Å². The molecule has 0 aromatic heterocycles. The van der Waals surface area contributed by atoms with Gasteiger partial charge in [0.1, 0.15) is 0 Å². The predicted octanol–water partition coefficient (Wildman–Crippen LogP) is 2.26. The van der Waals surface area contributed by atoms with E-state index in [0.29, 0.717) is 12.1 Å². The molecule has 0 saturated heterocycles. The van der Waals surface area contributed by atoms with Gasteiger partial charge < -0.3 is 10.1 Å². The molecule has 152 valence electrons. The van der Waals surface area contributed by atoms with Gasteiger partial charge in [0.25, 0.3) is 15.9 Å². The van der Waals surface area contributed by atoms with Crippen LogP contribution in [0, 0.1) is 0 Å². The third-order valence-corrected chi connectivity index (χ3v) is 6.97. The van der Waals surface area contributed by atoms with Crippen molar-refractivity contribution >= 4 is 27.6 Å². The summed E-state index contributed by atoms with van der Waals surface area (Å²) in [5.74, 6) is -1.09. The fourth-order valence-corrected chi connectivity index (χ4v) is 5.25. The Bertz CT molecular complexity index is 1060. The van der Waals surface area contributed by atoms with Gasteiger partial charge in [-0.1, -0.05) is 24.3 Å². The number of amides is 1. The number of ether oxygens (including phenoxy) is 1. The van der Waals surface area contributed by atoms with Crippen molar-refractivity contribution in [2.75, 3.05) is 10.9 Å². The van der Waals surface area contributed by atoms with E-state index < -0.39 is 16.0 Å². The Balaban J connectivity index is 1.53. The number of carbonyl (C=O) groups is 2. The molecule has 0 bridgehead atoms. The highest BCUT2D eigenvalue weighted by Gasteiger charge is 2.36. The van der Waals surface area contributed by atoms with E-state index in [9.17, 15) is 18.0 Å². The molecule has 1 unspecified atom stereocenters. The van der Waals surface area contributed by atoms with Gasteiger partial charge in [0.2, 0.25) is 0 Å². The summed E-state index contributed by atoms with van der Waals surface area (Å²) in [7, 11) is -3.85. The molecule has 0 radical (unpaired) electrons. The predicted molar refractivity (Wildman–Crippen MR) is 107 cm³/mol. The standard InChI is InChI=1S/C21H22N2O5S/c1-14-11-15-5-2-3-8-19(15)23(14)29(26,27)18-7-4-6-16(12-18)21(25)28-13-20(24)22-17-9-10-17/h2-8,12,14,17H,9-11,13H2,1H3,(H,22,24). The van der Waals surface area contributed by atoms with E-state index in [-0.39, 0.29) is 35.1 Å². The van der Waals surface area contributed by atoms with Crippen LogP contribution in [-0.2, 0) is 26.0 Å². The normalized spacial score (nSPS) is 18.2. The van der Waals surface area contributed by atoms with E-state index in [1.54, 1.807) is 12.1 Å². The molecular formula is C21H22N2O5S. The number of benzene rings is 2. The van der Waals surface area contributed by atoms with Crippen LogP contribution in [0.5, 0.6) is 0 Å². The Hall–Kier alpha value is -2.87. The van der Waals surface area contributed by atoms with Gasteiger partial charge in [-0.2, -0.15) is 0 Å². The number of carbonyl (C=O) groups excluding carboxylic acids is 2. The molecule has 1 atom stereocenters. The molecule has 2 aliphatic rings. The first kappa shape index (κ1) is 19.4. The highest BCUT2D eigenvalue weighted by molar-refractivity contribution is 7.92. The highest BCUT2D eigenvalue weighted by Crippen LogP contribution is 2.36. The lowest BCUT2D eigenvalue weighted by atomic mass is 10.1. The van der Waals surface area contributed by atoms with Crippen LogP contribution < -0.4 is 9.62 Å². The summed E-state index contributed by atoms with van der Waals surface area (Å²) in [6.07, 6.45) is 2.52. The van der Waals surface area contributed by atoms with Crippen molar-refractivity contribution in [2.24, 2.45) is 0 Å². The van der Waals surface area contributed by atoms with Crippen LogP contribution in [0.1, 0.15) is 35.7 Å². The Morgan fingerprint density at radius 1 is 1.14 bits per heavy atom. The lowest BCUT2D eigenvalue weighted by Gasteiger charge is -2.24. The van der Waals surface area contributed by atoms with Gasteiger partial charge in [-0.25, -0.2) is 13.2 Å². The van der Waals surface area contributed by atoms with Crippen LogP contribution in [0.4, 0.5) is 5.69 Å². The number of sulfonamides is 1. The number of nitrogens with zero attached hydrogens (tertiary/aromatic N) is 1. The summed E-state index contributed by atoms with van der Waals surface area (Å²) in [5, 5.41) is 2.73. The van der Waals surface area contributed by atoms with E-state index in [4.69, 9.17) is 4.74 Å². The minimum atomic E-state index is -3.85. The highest BCUT2D eigenvalue weighted by atomic mass is 32.2. The quantitative estimate of drug-likeness (QED) is 0.732. The minimum Gasteiger partial charge on any atom is -0.452 e. The number of para-hydroxylation sites is 1. The molecule has 7 nitrogen and oxygen atoms in total. The molecule has 1 heterocycles. The fraction of sp³-hybridized carbons (Fsp3) is 0.333. The molecule has 0 spiro atoms. The van der Waals surface area contributed by atoms with Gasteiger partial charge in [-0.05, 0) is 56.0 Å². The summed E-state index contributed by atoms with van der Waals surface area (Å²) in [6.45, 7) is 1.47. The van der Waals surface area contributed by atoms with Crippen LogP contribution in [-0.4, -0.2) is 39.0 Å². The maximum absolute atomic E-state index is 13.3. The van der Waals surface area contributed by atoms with E-state index in [1.165, 1.54) is 28.6 Å². The first-order chi connectivity index (χ1) is 13.9. The zero-order valence-corrected chi connectivity index (χ0v) is 16.8. The number of anilines is 1. The van der Waals surface area contributed by atoms with Crippen molar-refractivity contribution in [1.82, 2.24) is 5.32 Å². The van der Waals surface area contributed by atoms with Gasteiger partial charge in [0.05, 0.1) is 16.1 Å². The third-order valence-electron chi connectivity index (χ3n) is 5.05. The Morgan fingerprint density at radius 3 is 2.66 bits per heavy atom. The molecule has 1 saturated carbocycles. The minimum absolute atomic E-state index is 0.0120. The molecule has 29 heavy (non-hydrogen) atoms. The Kier molecular flexibility index (Phi) is 5.04. The van der Waals surface area contributed by atoms with Gasteiger partial charge in [-0.3, -0.25) is 9.10 Å². The number of rotatable bonds is 6. The summed E-state index contributed by atoms with van der Waals surface area (Å²) >= 11 is 0. The molecule has 4 rings (SSSR count). The van der Waals surface area contributed by atoms with Crippen LogP contribution >= 0.6 is 0 Å². The lowest BCUT2D eigenvalue weighted by Crippen LogP contribution is -2.35. The maximum Gasteiger partial charge on any atom is 0.338 e. The Morgan fingerprint density at radius 2 is 1.90 bits per heavy atom. The summed E-state index contributed by atoms with van der Waals surface area (Å²) in [5.41, 5.74) is 1.72. The van der Waals surface area contributed by atoms with Crippen molar-refractivity contribution in [3.63, 3.8) is 0 Å². The van der Waals surface area contributed by atoms with Crippen LogP contribution in [0.15, 0.2) is 53.4 Å². The summed E-state index contributed by atoms with van der Waals surface area (Å²) in [6, 6.07) is 13.1. The number of hydrogen-bond donors (Lipinski definition) is 1. The molecule has 1 aliphatic heterocycles. The van der Waals surface area contributed by atoms with E-state index in [1.807, 2.05) is 19.1 Å². The molecule has 1 N–H and O–H groups in total. The van der Waals surface area contributed by atoms with Gasteiger partial charge in [0.15, 0.2) is 6.61 Å². The second kappa shape index (κ2) is 7.51. The van der Waals surface area contributed by atoms with E-state index >= 15 is 0 Å². The first-order valence-corrected chi connectivity index (χ1v) is 11.0.